The van der Waals surface area contributed by atoms with Gasteiger partial charge in [0.1, 0.15) is 12.2 Å². The lowest BCUT2D eigenvalue weighted by molar-refractivity contribution is -0.171. The molecule has 2 atom stereocenters. The predicted octanol–water partition coefficient (Wildman–Crippen LogP) is 12.1. The van der Waals surface area contributed by atoms with Crippen LogP contribution in [0.1, 0.15) is 220 Å². The Morgan fingerprint density at radius 2 is 0.902 bits per heavy atom. The number of aliphatic hydroxyl groups is 1. The number of carbonyl (C=O) groups excluding carboxylic acids is 2. The largest absolute Gasteiger partial charge is 0.458 e. The molecular formula is C45H85NO5. The molecule has 6 nitrogen and oxygen atoms in total. The van der Waals surface area contributed by atoms with Crippen LogP contribution < -0.4 is 0 Å². The monoisotopic (exact) mass is 720 g/mol. The van der Waals surface area contributed by atoms with Crippen molar-refractivity contribution in [3.8, 4) is 0 Å². The first kappa shape index (κ1) is 46.0. The van der Waals surface area contributed by atoms with Crippen LogP contribution in [0.3, 0.4) is 0 Å². The van der Waals surface area contributed by atoms with Gasteiger partial charge in [0.2, 0.25) is 0 Å². The molecule has 2 rings (SSSR count). The number of hydrogen-bond acceptors (Lipinski definition) is 6. The molecule has 1 aliphatic carbocycles. The maximum Gasteiger partial charge on any atom is 0.309 e. The van der Waals surface area contributed by atoms with Crippen molar-refractivity contribution in [1.82, 2.24) is 4.90 Å². The summed E-state index contributed by atoms with van der Waals surface area (Å²) in [5, 5.41) is 9.27. The quantitative estimate of drug-likeness (QED) is 0.0551. The zero-order valence-electron chi connectivity index (χ0n) is 34.4. The van der Waals surface area contributed by atoms with E-state index in [1.807, 2.05) is 0 Å². The van der Waals surface area contributed by atoms with Crippen LogP contribution in [0.25, 0.3) is 0 Å². The molecule has 1 saturated carbocycles. The zero-order valence-corrected chi connectivity index (χ0v) is 34.4. The number of piperidine rings is 1. The van der Waals surface area contributed by atoms with Gasteiger partial charge in [-0.25, -0.2) is 0 Å². The molecule has 0 aromatic carbocycles. The molecule has 0 aromatic heterocycles. The molecule has 0 radical (unpaired) electrons. The highest BCUT2D eigenvalue weighted by molar-refractivity contribution is 5.74. The summed E-state index contributed by atoms with van der Waals surface area (Å²) in [6, 6.07) is 0. The lowest BCUT2D eigenvalue weighted by Crippen LogP contribution is -2.40. The minimum Gasteiger partial charge on any atom is -0.458 e. The first-order valence-electron chi connectivity index (χ1n) is 22.7. The van der Waals surface area contributed by atoms with E-state index >= 15 is 0 Å². The van der Waals surface area contributed by atoms with Crippen LogP contribution in [0.4, 0.5) is 0 Å². The Hall–Kier alpha value is -1.14. The van der Waals surface area contributed by atoms with Gasteiger partial charge in [-0.3, -0.25) is 9.59 Å². The minimum atomic E-state index is -0.333. The summed E-state index contributed by atoms with van der Waals surface area (Å²) < 4.78 is 13.1. The van der Waals surface area contributed by atoms with Gasteiger partial charge >= 0.3 is 11.9 Å². The molecule has 0 unspecified atom stereocenters. The average molecular weight is 720 g/mol. The second kappa shape index (κ2) is 29.2. The Labute approximate surface area is 316 Å². The number of nitrogens with zero attached hydrogens (tertiary/aromatic N) is 1. The predicted molar refractivity (Wildman–Crippen MR) is 214 cm³/mol. The third-order valence-corrected chi connectivity index (χ3v) is 12.3. The number of esters is 2. The number of unbranched alkanes of at least 4 members (excludes halogenated alkanes) is 17. The number of likely N-dealkylation sites (tertiary alicyclic amines) is 1. The molecule has 2 fully saturated rings. The van der Waals surface area contributed by atoms with Gasteiger partial charge in [0.25, 0.3) is 0 Å². The van der Waals surface area contributed by atoms with Crippen molar-refractivity contribution in [2.75, 3.05) is 26.2 Å². The second-order valence-electron chi connectivity index (χ2n) is 16.8. The van der Waals surface area contributed by atoms with Crippen LogP contribution in [0.2, 0.25) is 0 Å². The molecule has 51 heavy (non-hydrogen) atoms. The fourth-order valence-electron chi connectivity index (χ4n) is 8.77. The Balaban J connectivity index is 2.16. The van der Waals surface area contributed by atoms with E-state index in [4.69, 9.17) is 9.47 Å². The van der Waals surface area contributed by atoms with E-state index in [-0.39, 0.29) is 48.0 Å². The van der Waals surface area contributed by atoms with Crippen molar-refractivity contribution in [2.24, 2.45) is 17.3 Å². The lowest BCUT2D eigenvalue weighted by atomic mass is 9.76. The van der Waals surface area contributed by atoms with E-state index in [1.165, 1.54) is 103 Å². The van der Waals surface area contributed by atoms with Gasteiger partial charge in [0.15, 0.2) is 0 Å². The molecule has 300 valence electrons. The summed E-state index contributed by atoms with van der Waals surface area (Å²) in [6.07, 6.45) is 32.7. The summed E-state index contributed by atoms with van der Waals surface area (Å²) in [7, 11) is 0. The van der Waals surface area contributed by atoms with Crippen molar-refractivity contribution in [3.63, 3.8) is 0 Å². The number of rotatable bonds is 32. The first-order valence-corrected chi connectivity index (χ1v) is 22.7. The number of carbonyl (C=O) groups is 2. The Bertz CT molecular complexity index is 772. The third-order valence-electron chi connectivity index (χ3n) is 12.3. The average Bonchev–Trinajstić information content (AvgIpc) is 3.45. The summed E-state index contributed by atoms with van der Waals surface area (Å²) in [6.45, 7) is 12.3. The summed E-state index contributed by atoms with van der Waals surface area (Å²) in [5.74, 6) is -0.162. The molecule has 6 heteroatoms. The number of ether oxygens (including phenoxy) is 2. The van der Waals surface area contributed by atoms with E-state index < -0.39 is 0 Å². The fourth-order valence-corrected chi connectivity index (χ4v) is 8.77. The van der Waals surface area contributed by atoms with Gasteiger partial charge < -0.3 is 19.5 Å². The Morgan fingerprint density at radius 1 is 0.549 bits per heavy atom. The van der Waals surface area contributed by atoms with Crippen LogP contribution in [0, 0.1) is 17.3 Å². The van der Waals surface area contributed by atoms with Gasteiger partial charge in [-0.1, -0.05) is 156 Å². The molecule has 1 N–H and O–H groups in total. The molecule has 0 amide bonds. The third kappa shape index (κ3) is 19.7. The second-order valence-corrected chi connectivity index (χ2v) is 16.8. The van der Waals surface area contributed by atoms with Crippen LogP contribution in [0.5, 0.6) is 0 Å². The maximum atomic E-state index is 14.0. The minimum absolute atomic E-state index is 0.0334. The summed E-state index contributed by atoms with van der Waals surface area (Å²) in [4.78, 5) is 30.6. The van der Waals surface area contributed by atoms with Gasteiger partial charge in [-0.05, 0) is 89.3 Å². The smallest absolute Gasteiger partial charge is 0.309 e. The Kier molecular flexibility index (Phi) is 26.4. The maximum absolute atomic E-state index is 14.0. The highest BCUT2D eigenvalue weighted by Crippen LogP contribution is 2.49. The standard InChI is InChI=1S/C45H85NO5/c1-5-9-13-17-21-27-39(28-22-18-14-10-6-2)43(48)50-41-37-45(31-34-46(35-32-45)33-25-26-36-47)38-42(41)51-44(49)40(29-23-19-15-11-7-3)30-24-20-16-12-8-4/h39-42,47H,5-38H2,1-4H3/t41-,42-/m1/s1. The molecule has 1 spiro atoms. The molecule has 1 aliphatic heterocycles. The van der Waals surface area contributed by atoms with Gasteiger partial charge in [0, 0.05) is 6.61 Å². The topological polar surface area (TPSA) is 76.1 Å². The number of hydrogen-bond donors (Lipinski definition) is 1. The van der Waals surface area contributed by atoms with Crippen LogP contribution >= 0.6 is 0 Å². The molecule has 1 saturated heterocycles. The van der Waals surface area contributed by atoms with E-state index in [2.05, 4.69) is 32.6 Å². The van der Waals surface area contributed by atoms with E-state index in [0.29, 0.717) is 0 Å². The lowest BCUT2D eigenvalue weighted by Gasteiger charge is -2.39. The normalized spacial score (nSPS) is 19.0. The van der Waals surface area contributed by atoms with Gasteiger partial charge in [-0.2, -0.15) is 0 Å². The van der Waals surface area contributed by atoms with Gasteiger partial charge in [-0.15, -0.1) is 0 Å². The van der Waals surface area contributed by atoms with Crippen molar-refractivity contribution < 1.29 is 24.2 Å². The fraction of sp³-hybridized carbons (Fsp3) is 0.956. The molecule has 0 aromatic rings. The zero-order chi connectivity index (χ0) is 37.0. The van der Waals surface area contributed by atoms with Crippen molar-refractivity contribution in [3.05, 3.63) is 0 Å². The molecular weight excluding hydrogens is 634 g/mol. The SMILES string of the molecule is CCCCCCCC(CCCCCCC)C(=O)O[C@@H]1CC2(CCN(CCCCO)CC2)C[C@H]1OC(=O)C(CCCCCCC)CCCCCCC. The van der Waals surface area contributed by atoms with E-state index in [9.17, 15) is 14.7 Å². The number of aliphatic hydroxyl groups excluding tert-OH is 1. The first-order chi connectivity index (χ1) is 24.9. The summed E-state index contributed by atoms with van der Waals surface area (Å²) >= 11 is 0. The van der Waals surface area contributed by atoms with Crippen molar-refractivity contribution in [2.45, 2.75) is 233 Å². The van der Waals surface area contributed by atoms with Gasteiger partial charge in [0.05, 0.1) is 11.8 Å². The van der Waals surface area contributed by atoms with Crippen molar-refractivity contribution >= 4 is 11.9 Å². The van der Waals surface area contributed by atoms with Crippen molar-refractivity contribution in [1.29, 1.82) is 0 Å². The van der Waals surface area contributed by atoms with Crippen LogP contribution in [0.15, 0.2) is 0 Å². The van der Waals surface area contributed by atoms with Crippen LogP contribution in [-0.4, -0.2) is 60.4 Å². The molecule has 2 aliphatic rings. The summed E-state index contributed by atoms with van der Waals surface area (Å²) in [5.41, 5.74) is 0.0645. The van der Waals surface area contributed by atoms with E-state index in [1.54, 1.807) is 0 Å². The van der Waals surface area contributed by atoms with Crippen LogP contribution in [-0.2, 0) is 19.1 Å². The highest BCUT2D eigenvalue weighted by atomic mass is 16.6. The highest BCUT2D eigenvalue weighted by Gasteiger charge is 2.50. The molecule has 0 bridgehead atoms. The molecule has 1 heterocycles. The Morgan fingerprint density at radius 3 is 1.24 bits per heavy atom. The van der Waals surface area contributed by atoms with E-state index in [0.717, 1.165) is 110 Å².